The van der Waals surface area contributed by atoms with E-state index >= 15 is 0 Å². The molecule has 0 aliphatic carbocycles. The molecule has 0 bridgehead atoms. The van der Waals surface area contributed by atoms with Gasteiger partial charge < -0.3 is 44.4 Å². The number of fused-ring (bicyclic) bond motifs is 6. The molecule has 3 aliphatic heterocycles. The van der Waals surface area contributed by atoms with Crippen LogP contribution in [0.3, 0.4) is 0 Å². The summed E-state index contributed by atoms with van der Waals surface area (Å²) in [5, 5.41) is 17.8. The fourth-order valence-corrected chi connectivity index (χ4v) is 9.27. The quantitative estimate of drug-likeness (QED) is 0.0916. The second kappa shape index (κ2) is 16.5. The van der Waals surface area contributed by atoms with Crippen LogP contribution in [0.5, 0.6) is 5.75 Å². The molecule has 2 aromatic heterocycles. The maximum atomic E-state index is 14.0. The highest BCUT2D eigenvalue weighted by atomic mass is 16.6. The monoisotopic (exact) mass is 820 g/mol. The summed E-state index contributed by atoms with van der Waals surface area (Å²) < 4.78 is 16.2. The molecule has 2 fully saturated rings. The first kappa shape index (κ1) is 41.2. The number of imidazole rings is 2. The van der Waals surface area contributed by atoms with E-state index in [0.29, 0.717) is 13.2 Å². The average Bonchev–Trinajstić information content (AvgIpc) is 4.05. The Labute approximate surface area is 349 Å². The predicted molar refractivity (Wildman–Crippen MR) is 226 cm³/mol. The first-order valence-corrected chi connectivity index (χ1v) is 21.0. The summed E-state index contributed by atoms with van der Waals surface area (Å²) in [5.74, 6) is 2.07. The van der Waals surface area contributed by atoms with Crippen LogP contribution >= 0.6 is 0 Å². The first-order chi connectivity index (χ1) is 28.8. The van der Waals surface area contributed by atoms with Gasteiger partial charge in [-0.2, -0.15) is 0 Å². The number of aliphatic hydroxyl groups is 1. The van der Waals surface area contributed by atoms with Crippen LogP contribution in [-0.4, -0.2) is 98.1 Å². The maximum absolute atomic E-state index is 14.0. The Morgan fingerprint density at radius 2 is 1.70 bits per heavy atom. The van der Waals surface area contributed by atoms with Crippen LogP contribution in [0.1, 0.15) is 90.1 Å². The van der Waals surface area contributed by atoms with Gasteiger partial charge in [-0.3, -0.25) is 14.9 Å². The molecule has 0 spiro atoms. The molecule has 3 aromatic carbocycles. The highest BCUT2D eigenvalue weighted by molar-refractivity contribution is 6.06. The van der Waals surface area contributed by atoms with E-state index in [1.54, 1.807) is 0 Å². The number of nitrogens with one attached hydrogen (secondary N) is 4. The van der Waals surface area contributed by atoms with Crippen molar-refractivity contribution in [2.45, 2.75) is 104 Å². The second-order valence-corrected chi connectivity index (χ2v) is 17.4. The zero-order valence-electron chi connectivity index (χ0n) is 35.5. The van der Waals surface area contributed by atoms with Crippen molar-refractivity contribution in [1.29, 1.82) is 0 Å². The van der Waals surface area contributed by atoms with Gasteiger partial charge >= 0.3 is 6.09 Å². The molecule has 7 atom stereocenters. The van der Waals surface area contributed by atoms with Gasteiger partial charge in [-0.05, 0) is 90.8 Å². The lowest BCUT2D eigenvalue weighted by Crippen LogP contribution is -2.53. The lowest BCUT2D eigenvalue weighted by Gasteiger charge is -2.32. The number of hydrogen-bond donors (Lipinski definition) is 5. The van der Waals surface area contributed by atoms with Crippen LogP contribution in [0.4, 0.5) is 4.79 Å². The van der Waals surface area contributed by atoms with Crippen LogP contribution in [-0.2, 0) is 25.7 Å². The lowest BCUT2D eigenvalue weighted by molar-refractivity contribution is -0.145. The summed E-state index contributed by atoms with van der Waals surface area (Å²) in [4.78, 5) is 60.6. The van der Waals surface area contributed by atoms with Crippen LogP contribution in [0.25, 0.3) is 44.2 Å². The minimum absolute atomic E-state index is 0.0197. The van der Waals surface area contributed by atoms with E-state index in [1.165, 1.54) is 14.2 Å². The third-order valence-electron chi connectivity index (χ3n) is 12.5. The number of aliphatic hydroxyl groups excluding tert-OH is 1. The molecule has 3 amide bonds. The van der Waals surface area contributed by atoms with Crippen molar-refractivity contribution in [3.8, 4) is 28.1 Å². The molecule has 60 heavy (non-hydrogen) atoms. The molecule has 3 aliphatic rings. The van der Waals surface area contributed by atoms with Gasteiger partial charge in [-0.15, -0.1) is 0 Å². The molecule has 0 radical (unpaired) electrons. The molecular formula is C45H56N8O7. The fraction of sp³-hybridized carbons (Fsp3) is 0.489. The summed E-state index contributed by atoms with van der Waals surface area (Å²) in [5.41, 5.74) is 6.62. The predicted octanol–water partition coefficient (Wildman–Crippen LogP) is 6.54. The van der Waals surface area contributed by atoms with E-state index in [9.17, 15) is 19.5 Å². The molecule has 15 heteroatoms. The van der Waals surface area contributed by atoms with Gasteiger partial charge in [0.1, 0.15) is 30.0 Å². The highest BCUT2D eigenvalue weighted by Crippen LogP contribution is 2.44. The van der Waals surface area contributed by atoms with E-state index in [2.05, 4.69) is 57.9 Å². The molecule has 1 unspecified atom stereocenters. The van der Waals surface area contributed by atoms with Crippen molar-refractivity contribution in [1.82, 2.24) is 40.4 Å². The second-order valence-electron chi connectivity index (χ2n) is 17.4. The normalized spacial score (nSPS) is 21.6. The van der Waals surface area contributed by atoms with Gasteiger partial charge in [-0.1, -0.05) is 46.8 Å². The third kappa shape index (κ3) is 7.58. The molecule has 0 saturated carbocycles. The van der Waals surface area contributed by atoms with Gasteiger partial charge in [0, 0.05) is 36.2 Å². The molecule has 5 aromatic rings. The minimum atomic E-state index is -1.24. The number of amides is 3. The number of ether oxygens (including phenoxy) is 3. The molecular weight excluding hydrogens is 765 g/mol. The van der Waals surface area contributed by atoms with Crippen LogP contribution in [0.15, 0.2) is 48.7 Å². The van der Waals surface area contributed by atoms with E-state index in [-0.39, 0.29) is 47.7 Å². The summed E-state index contributed by atoms with van der Waals surface area (Å²) in [6.45, 7) is 12.9. The fourth-order valence-electron chi connectivity index (χ4n) is 9.27. The molecule has 2 saturated heterocycles. The topological polar surface area (TPSA) is 187 Å². The summed E-state index contributed by atoms with van der Waals surface area (Å²) in [6.07, 6.45) is 2.29. The number of carbonyl (C=O) groups excluding carboxylic acids is 3. The zero-order chi connectivity index (χ0) is 42.6. The number of hydrogen-bond acceptors (Lipinski definition) is 10. The molecule has 8 rings (SSSR count). The molecule has 5 heterocycles. The van der Waals surface area contributed by atoms with Crippen LogP contribution in [0.2, 0.25) is 0 Å². The van der Waals surface area contributed by atoms with Gasteiger partial charge in [0.25, 0.3) is 0 Å². The van der Waals surface area contributed by atoms with Gasteiger partial charge in [-0.25, -0.2) is 14.8 Å². The van der Waals surface area contributed by atoms with Crippen molar-refractivity contribution in [2.24, 2.45) is 17.8 Å². The summed E-state index contributed by atoms with van der Waals surface area (Å²) in [7, 11) is 2.69. The third-order valence-corrected chi connectivity index (χ3v) is 12.5. The van der Waals surface area contributed by atoms with Gasteiger partial charge in [0.2, 0.25) is 18.2 Å². The Morgan fingerprint density at radius 3 is 2.43 bits per heavy atom. The largest absolute Gasteiger partial charge is 0.488 e. The Bertz CT molecular complexity index is 2420. The maximum Gasteiger partial charge on any atom is 0.407 e. The zero-order valence-corrected chi connectivity index (χ0v) is 35.5. The molecule has 5 N–H and O–H groups in total. The van der Waals surface area contributed by atoms with E-state index in [0.717, 1.165) is 86.4 Å². The number of methoxy groups -OCH3 is 2. The number of aromatic nitrogens is 4. The minimum Gasteiger partial charge on any atom is -0.488 e. The van der Waals surface area contributed by atoms with Crippen molar-refractivity contribution in [3.63, 3.8) is 0 Å². The summed E-state index contributed by atoms with van der Waals surface area (Å²) >= 11 is 0. The standard InChI is InChI=1S/C45H56N8O7/c1-22(2)37(50-44(56)58-7)42(54)52-20-24(5)15-35(52)40-46-19-33(48-40)27-10-12-29-30-16-26-11-13-32-39(31(26)17-28(30)21-60-36(29)18-27)49-41(47-32)34-14-9-25(6)53(34)43(55)38(23(3)4)51-45(57)59-8/h10-13,16-19,22-25,34-35,37-38,44,50,56H,9,14-15,20-21H2,1-8H3,(H,46,48)(H,47,49)(H,51,57)/t24-,25-,34-,35-,37-,38-,44?/m0/s1. The number of nitrogens with zero attached hydrogens (tertiary/aromatic N) is 4. The van der Waals surface area contributed by atoms with E-state index in [1.807, 2.05) is 62.7 Å². The van der Waals surface area contributed by atoms with Crippen molar-refractivity contribution >= 4 is 39.7 Å². The Balaban J connectivity index is 1.04. The number of carbonyl (C=O) groups is 3. The van der Waals surface area contributed by atoms with Gasteiger partial charge in [0.15, 0.2) is 0 Å². The van der Waals surface area contributed by atoms with Crippen molar-refractivity contribution in [2.75, 3.05) is 20.8 Å². The lowest BCUT2D eigenvalue weighted by atomic mass is 9.92. The number of H-pyrrole nitrogens is 2. The summed E-state index contributed by atoms with van der Waals surface area (Å²) in [6, 6.07) is 12.8. The first-order valence-electron chi connectivity index (χ1n) is 21.0. The Kier molecular flexibility index (Phi) is 11.3. The number of likely N-dealkylation sites (tertiary alicyclic amines) is 2. The van der Waals surface area contributed by atoms with Crippen LogP contribution < -0.4 is 15.4 Å². The number of aromatic amines is 2. The van der Waals surface area contributed by atoms with Gasteiger partial charge in [0.05, 0.1) is 48.2 Å². The number of alkyl carbamates (subject to hydrolysis) is 1. The SMILES string of the molecule is COC(=O)N[C@H](C(=O)N1[C@@H](C)CC[C@H]1c1nc2ccc3cc4c(cc3c2[nH]1)COc1cc(-c2cnc([C@@H]3C[C@H](C)CN3C(=O)[C@@H](NC(O)OC)C(C)C)[nH]2)ccc1-4)C(C)C. The van der Waals surface area contributed by atoms with Crippen LogP contribution in [0, 0.1) is 17.8 Å². The highest BCUT2D eigenvalue weighted by Gasteiger charge is 2.42. The number of benzene rings is 3. The Hall–Kier alpha value is -5.51. The number of rotatable bonds is 11. The smallest absolute Gasteiger partial charge is 0.407 e. The Morgan fingerprint density at radius 1 is 0.917 bits per heavy atom. The molecule has 318 valence electrons. The average molecular weight is 821 g/mol. The van der Waals surface area contributed by atoms with E-state index < -0.39 is 24.6 Å². The molecule has 15 nitrogen and oxygen atoms in total. The van der Waals surface area contributed by atoms with Crippen molar-refractivity contribution < 1.29 is 33.7 Å². The van der Waals surface area contributed by atoms with Crippen molar-refractivity contribution in [3.05, 3.63) is 65.9 Å². The van der Waals surface area contributed by atoms with E-state index in [4.69, 9.17) is 24.2 Å².